The maximum atomic E-state index is 11.8. The third-order valence-corrected chi connectivity index (χ3v) is 2.72. The Labute approximate surface area is 98.7 Å². The first kappa shape index (κ1) is 11.9. The summed E-state index contributed by atoms with van der Waals surface area (Å²) in [6, 6.07) is 0. The van der Waals surface area contributed by atoms with Gasteiger partial charge in [0.25, 0.3) is 5.95 Å². The fourth-order valence-electron chi connectivity index (χ4n) is 1.90. The molecule has 5 heteroatoms. The minimum absolute atomic E-state index is 0.0489. The van der Waals surface area contributed by atoms with Crippen LogP contribution in [-0.4, -0.2) is 35.0 Å². The van der Waals surface area contributed by atoms with E-state index in [1.54, 1.807) is 26.0 Å². The van der Waals surface area contributed by atoms with Gasteiger partial charge in [0.05, 0.1) is 0 Å². The third-order valence-electron chi connectivity index (χ3n) is 2.72. The van der Waals surface area contributed by atoms with Crippen LogP contribution >= 0.6 is 0 Å². The van der Waals surface area contributed by atoms with E-state index in [4.69, 9.17) is 9.47 Å². The van der Waals surface area contributed by atoms with Crippen LogP contribution in [0.1, 0.15) is 20.3 Å². The molecule has 2 rings (SSSR count). The highest BCUT2D eigenvalue weighted by atomic mass is 16.7. The number of carbonyl (C=O) groups excluding carboxylic acids is 2. The van der Waals surface area contributed by atoms with Crippen molar-refractivity contribution in [2.24, 2.45) is 0 Å². The predicted molar refractivity (Wildman–Crippen MR) is 57.9 cm³/mol. The molecule has 0 saturated carbocycles. The van der Waals surface area contributed by atoms with Gasteiger partial charge in [0, 0.05) is 6.42 Å². The van der Waals surface area contributed by atoms with Gasteiger partial charge in [0.15, 0.2) is 18.0 Å². The van der Waals surface area contributed by atoms with E-state index in [2.05, 4.69) is 0 Å². The summed E-state index contributed by atoms with van der Waals surface area (Å²) in [5.41, 5.74) is -0.142. The summed E-state index contributed by atoms with van der Waals surface area (Å²) >= 11 is 0. The highest BCUT2D eigenvalue weighted by Crippen LogP contribution is 2.30. The molecule has 0 saturated heterocycles. The van der Waals surface area contributed by atoms with E-state index in [1.807, 2.05) is 0 Å². The molecule has 0 aliphatic carbocycles. The van der Waals surface area contributed by atoms with E-state index in [1.165, 1.54) is 0 Å². The molecule has 2 heterocycles. The number of aliphatic hydroxyl groups excluding tert-OH is 1. The molecule has 0 bridgehead atoms. The molecule has 1 N–H and O–H groups in total. The monoisotopic (exact) mass is 238 g/mol. The number of aliphatic hydroxyl groups is 1. The highest BCUT2D eigenvalue weighted by molar-refractivity contribution is 6.22. The molecule has 0 aromatic heterocycles. The lowest BCUT2D eigenvalue weighted by atomic mass is 9.93. The van der Waals surface area contributed by atoms with Crippen molar-refractivity contribution in [3.63, 3.8) is 0 Å². The average Bonchev–Trinajstić information content (AvgIpc) is 2.24. The zero-order valence-electron chi connectivity index (χ0n) is 9.67. The van der Waals surface area contributed by atoms with E-state index in [0.29, 0.717) is 0 Å². The lowest BCUT2D eigenvalue weighted by Crippen LogP contribution is -2.45. The van der Waals surface area contributed by atoms with Crippen LogP contribution < -0.4 is 0 Å². The van der Waals surface area contributed by atoms with E-state index >= 15 is 0 Å². The van der Waals surface area contributed by atoms with E-state index in [9.17, 15) is 14.7 Å². The Kier molecular flexibility index (Phi) is 3.02. The second kappa shape index (κ2) is 4.33. The quantitative estimate of drug-likeness (QED) is 0.531. The summed E-state index contributed by atoms with van der Waals surface area (Å²) < 4.78 is 10.7. The summed E-state index contributed by atoms with van der Waals surface area (Å²) in [5, 5.41) is 9.72. The first-order chi connectivity index (χ1) is 8.04. The topological polar surface area (TPSA) is 72.8 Å². The van der Waals surface area contributed by atoms with E-state index in [-0.39, 0.29) is 29.8 Å². The molecule has 0 amide bonds. The molecule has 2 aliphatic rings. The number of rotatable bonds is 1. The Hall–Kier alpha value is -1.62. The van der Waals surface area contributed by atoms with Gasteiger partial charge in [-0.25, -0.2) is 0 Å². The average molecular weight is 238 g/mol. The van der Waals surface area contributed by atoms with Crippen molar-refractivity contribution in [2.75, 3.05) is 0 Å². The van der Waals surface area contributed by atoms with Crippen LogP contribution in [0.4, 0.5) is 0 Å². The lowest BCUT2D eigenvalue weighted by molar-refractivity contribution is -0.146. The Balaban J connectivity index is 2.37. The van der Waals surface area contributed by atoms with Crippen LogP contribution in [0.2, 0.25) is 0 Å². The third kappa shape index (κ3) is 1.98. The Bertz CT molecular complexity index is 421. The van der Waals surface area contributed by atoms with Gasteiger partial charge in [0.2, 0.25) is 5.78 Å². The number of carbonyl (C=O) groups is 2. The SMILES string of the molecule is C/C=C/C1OC2=C(C(=O)C[C@H](C)O2)C(=O)[C@@H]1O. The second-order valence-electron chi connectivity index (χ2n) is 4.14. The summed E-state index contributed by atoms with van der Waals surface area (Å²) in [6.07, 6.45) is 0.917. The first-order valence-electron chi connectivity index (χ1n) is 5.50. The van der Waals surface area contributed by atoms with Crippen molar-refractivity contribution >= 4 is 11.6 Å². The van der Waals surface area contributed by atoms with Gasteiger partial charge in [-0.05, 0) is 19.9 Å². The molecule has 0 radical (unpaired) electrons. The first-order valence-corrected chi connectivity index (χ1v) is 5.50. The summed E-state index contributed by atoms with van der Waals surface area (Å²) in [6.45, 7) is 3.48. The zero-order chi connectivity index (χ0) is 12.6. The van der Waals surface area contributed by atoms with Gasteiger partial charge in [-0.3, -0.25) is 9.59 Å². The summed E-state index contributed by atoms with van der Waals surface area (Å²) in [7, 11) is 0. The van der Waals surface area contributed by atoms with Crippen LogP contribution in [0.3, 0.4) is 0 Å². The van der Waals surface area contributed by atoms with Gasteiger partial charge in [-0.2, -0.15) is 0 Å². The van der Waals surface area contributed by atoms with Gasteiger partial charge >= 0.3 is 0 Å². The number of ketones is 2. The molecule has 0 spiro atoms. The fourth-order valence-corrected chi connectivity index (χ4v) is 1.90. The lowest BCUT2D eigenvalue weighted by Gasteiger charge is -2.32. The molecule has 0 fully saturated rings. The van der Waals surface area contributed by atoms with Crippen molar-refractivity contribution in [1.29, 1.82) is 0 Å². The van der Waals surface area contributed by atoms with Gasteiger partial charge in [-0.15, -0.1) is 0 Å². The van der Waals surface area contributed by atoms with Gasteiger partial charge < -0.3 is 14.6 Å². The molecule has 0 aromatic rings. The number of hydrogen-bond donors (Lipinski definition) is 1. The largest absolute Gasteiger partial charge is 0.461 e. The van der Waals surface area contributed by atoms with Gasteiger partial charge in [-0.1, -0.05) is 6.08 Å². The normalized spacial score (nSPS) is 33.5. The number of ether oxygens (including phenoxy) is 2. The van der Waals surface area contributed by atoms with Crippen molar-refractivity contribution in [3.05, 3.63) is 23.7 Å². The molecule has 5 nitrogen and oxygen atoms in total. The van der Waals surface area contributed by atoms with E-state index < -0.39 is 18.0 Å². The van der Waals surface area contributed by atoms with Crippen LogP contribution in [0.25, 0.3) is 0 Å². The smallest absolute Gasteiger partial charge is 0.295 e. The summed E-state index contributed by atoms with van der Waals surface area (Å²) in [5.74, 6) is -1.000. The molecule has 2 aliphatic heterocycles. The number of Topliss-reactive ketones (excluding diaryl/α,β-unsaturated/α-hetero) is 2. The van der Waals surface area contributed by atoms with Crippen molar-refractivity contribution < 1.29 is 24.2 Å². The maximum Gasteiger partial charge on any atom is 0.295 e. The minimum Gasteiger partial charge on any atom is -0.461 e. The molecule has 17 heavy (non-hydrogen) atoms. The Morgan fingerprint density at radius 3 is 2.71 bits per heavy atom. The standard InChI is InChI=1S/C12H14O5/c1-3-4-8-10(14)11(15)9-7(13)5-6(2)16-12(9)17-8/h3-4,6,8,10,14H,5H2,1-2H3/b4-3+/t6-,8?,10+/m0/s1. The fraction of sp³-hybridized carbons (Fsp3) is 0.500. The maximum absolute atomic E-state index is 11.8. The number of allylic oxidation sites excluding steroid dienone is 1. The molecule has 0 aromatic carbocycles. The summed E-state index contributed by atoms with van der Waals surface area (Å²) in [4.78, 5) is 23.5. The van der Waals surface area contributed by atoms with Crippen LogP contribution in [0.5, 0.6) is 0 Å². The molecule has 1 unspecified atom stereocenters. The van der Waals surface area contributed by atoms with Crippen molar-refractivity contribution in [1.82, 2.24) is 0 Å². The molecule has 3 atom stereocenters. The van der Waals surface area contributed by atoms with Crippen LogP contribution in [0.15, 0.2) is 23.7 Å². The van der Waals surface area contributed by atoms with E-state index in [0.717, 1.165) is 0 Å². The zero-order valence-corrected chi connectivity index (χ0v) is 9.67. The molecule has 92 valence electrons. The van der Waals surface area contributed by atoms with Crippen molar-refractivity contribution in [3.8, 4) is 0 Å². The second-order valence-corrected chi connectivity index (χ2v) is 4.14. The number of hydrogen-bond acceptors (Lipinski definition) is 5. The van der Waals surface area contributed by atoms with Gasteiger partial charge in [0.1, 0.15) is 11.7 Å². The predicted octanol–water partition coefficient (Wildman–Crippen LogP) is 0.481. The van der Waals surface area contributed by atoms with Crippen LogP contribution in [0, 0.1) is 0 Å². The van der Waals surface area contributed by atoms with Crippen LogP contribution in [-0.2, 0) is 19.1 Å². The Morgan fingerprint density at radius 2 is 2.06 bits per heavy atom. The molecular weight excluding hydrogens is 224 g/mol. The Morgan fingerprint density at radius 1 is 1.35 bits per heavy atom. The van der Waals surface area contributed by atoms with Crippen molar-refractivity contribution in [2.45, 2.75) is 38.6 Å². The molecular formula is C12H14O5. The minimum atomic E-state index is -1.34. The highest BCUT2D eigenvalue weighted by Gasteiger charge is 2.43.